The number of hydrogen-bond donors (Lipinski definition) is 3. The second-order valence-corrected chi connectivity index (χ2v) is 4.53. The Bertz CT molecular complexity index is 165. The first kappa shape index (κ1) is 12.1. The molecule has 2 unspecified atom stereocenters. The van der Waals surface area contributed by atoms with Crippen LogP contribution in [0, 0.1) is 0 Å². The minimum Gasteiger partial charge on any atom is -0.327 e. The third kappa shape index (κ3) is 5.69. The summed E-state index contributed by atoms with van der Waals surface area (Å²) in [6, 6.07) is 0. The van der Waals surface area contributed by atoms with Crippen LogP contribution in [0.4, 0.5) is 0 Å². The lowest BCUT2D eigenvalue weighted by atomic mass is 10.4. The van der Waals surface area contributed by atoms with Gasteiger partial charge in [0, 0.05) is 6.54 Å². The van der Waals surface area contributed by atoms with Gasteiger partial charge in [0.1, 0.15) is 6.23 Å². The van der Waals surface area contributed by atoms with E-state index in [9.17, 15) is 4.57 Å². The molecule has 12 heavy (non-hydrogen) atoms. The van der Waals surface area contributed by atoms with Crippen molar-refractivity contribution in [2.75, 3.05) is 12.7 Å². The van der Waals surface area contributed by atoms with Gasteiger partial charge in [-0.3, -0.25) is 9.09 Å². The summed E-state index contributed by atoms with van der Waals surface area (Å²) in [5, 5.41) is 0. The summed E-state index contributed by atoms with van der Waals surface area (Å²) in [6.45, 7) is 1.99. The van der Waals surface area contributed by atoms with Crippen LogP contribution in [-0.2, 0) is 9.09 Å². The summed E-state index contributed by atoms with van der Waals surface area (Å²) in [7, 11) is -3.49. The molecule has 6 heteroatoms. The Morgan fingerprint density at radius 3 is 2.67 bits per heavy atom. The van der Waals surface area contributed by atoms with Gasteiger partial charge >= 0.3 is 7.60 Å². The average Bonchev–Trinajstić information content (AvgIpc) is 2.00. The van der Waals surface area contributed by atoms with E-state index in [0.717, 1.165) is 6.42 Å². The zero-order valence-electron chi connectivity index (χ0n) is 7.27. The molecule has 0 saturated carbocycles. The smallest absolute Gasteiger partial charge is 0.327 e. The molecule has 0 aliphatic heterocycles. The Balaban J connectivity index is 3.78. The van der Waals surface area contributed by atoms with Crippen molar-refractivity contribution < 1.29 is 14.0 Å². The van der Waals surface area contributed by atoms with Gasteiger partial charge in [-0.15, -0.1) is 0 Å². The number of nitrogens with two attached hydrogens (primary N) is 2. The monoisotopic (exact) mass is 196 g/mol. The van der Waals surface area contributed by atoms with Gasteiger partial charge in [0.2, 0.25) is 0 Å². The molecular weight excluding hydrogens is 179 g/mol. The maximum atomic E-state index is 11.1. The molecule has 0 aromatic heterocycles. The van der Waals surface area contributed by atoms with E-state index in [1.807, 2.05) is 6.92 Å². The Morgan fingerprint density at radius 1 is 1.67 bits per heavy atom. The third-order valence-electron chi connectivity index (χ3n) is 1.33. The van der Waals surface area contributed by atoms with Gasteiger partial charge < -0.3 is 16.4 Å². The van der Waals surface area contributed by atoms with Crippen LogP contribution in [0.5, 0.6) is 0 Å². The van der Waals surface area contributed by atoms with Gasteiger partial charge in [-0.2, -0.15) is 0 Å². The van der Waals surface area contributed by atoms with E-state index in [0.29, 0.717) is 6.42 Å². The molecular formula is C6H17N2O3P. The van der Waals surface area contributed by atoms with Crippen LogP contribution < -0.4 is 11.5 Å². The highest BCUT2D eigenvalue weighted by atomic mass is 31.2. The molecule has 0 aromatic carbocycles. The Kier molecular flexibility index (Phi) is 5.70. The normalized spacial score (nSPS) is 18.7. The lowest BCUT2D eigenvalue weighted by molar-refractivity contribution is 0.185. The number of rotatable bonds is 6. The van der Waals surface area contributed by atoms with E-state index < -0.39 is 13.8 Å². The summed E-state index contributed by atoms with van der Waals surface area (Å²) in [5.74, 6) is 0. The van der Waals surface area contributed by atoms with Crippen molar-refractivity contribution in [1.29, 1.82) is 0 Å². The second kappa shape index (κ2) is 5.67. The van der Waals surface area contributed by atoms with Crippen LogP contribution in [0.3, 0.4) is 0 Å². The SMILES string of the molecule is CCCCP(=O)(O)OC(N)CN. The highest BCUT2D eigenvalue weighted by Crippen LogP contribution is 2.43. The van der Waals surface area contributed by atoms with E-state index in [2.05, 4.69) is 4.52 Å². The van der Waals surface area contributed by atoms with Crippen molar-refractivity contribution in [3.05, 3.63) is 0 Å². The minimum atomic E-state index is -3.49. The molecule has 2 atom stereocenters. The zero-order valence-corrected chi connectivity index (χ0v) is 8.17. The second-order valence-electron chi connectivity index (χ2n) is 2.59. The standard InChI is InChI=1S/C6H17N2O3P/c1-2-3-4-12(9,10)11-6(8)5-7/h6H,2-5,7-8H2,1H3,(H,9,10). The quantitative estimate of drug-likeness (QED) is 0.417. The lowest BCUT2D eigenvalue weighted by Crippen LogP contribution is -2.31. The molecule has 0 rings (SSSR count). The van der Waals surface area contributed by atoms with Crippen molar-refractivity contribution >= 4 is 7.60 Å². The predicted molar refractivity (Wildman–Crippen MR) is 47.7 cm³/mol. The van der Waals surface area contributed by atoms with E-state index in [-0.39, 0.29) is 12.7 Å². The van der Waals surface area contributed by atoms with Gasteiger partial charge in [-0.1, -0.05) is 13.3 Å². The van der Waals surface area contributed by atoms with Gasteiger partial charge in [-0.25, -0.2) is 0 Å². The van der Waals surface area contributed by atoms with Crippen molar-refractivity contribution in [3.63, 3.8) is 0 Å². The summed E-state index contributed by atoms with van der Waals surface area (Å²) in [6.07, 6.45) is 0.825. The van der Waals surface area contributed by atoms with Crippen LogP contribution in [0.25, 0.3) is 0 Å². The van der Waals surface area contributed by atoms with Crippen molar-refractivity contribution in [2.24, 2.45) is 11.5 Å². The molecule has 0 spiro atoms. The fourth-order valence-electron chi connectivity index (χ4n) is 0.665. The van der Waals surface area contributed by atoms with Crippen molar-refractivity contribution in [3.8, 4) is 0 Å². The Labute approximate surface area is 72.6 Å². The van der Waals surface area contributed by atoms with E-state index >= 15 is 0 Å². The van der Waals surface area contributed by atoms with Crippen molar-refractivity contribution in [2.45, 2.75) is 26.0 Å². The molecule has 0 amide bonds. The van der Waals surface area contributed by atoms with Crippen LogP contribution in [-0.4, -0.2) is 23.8 Å². The molecule has 5 nitrogen and oxygen atoms in total. The van der Waals surface area contributed by atoms with Crippen LogP contribution in [0.15, 0.2) is 0 Å². The number of unbranched alkanes of at least 4 members (excludes halogenated alkanes) is 1. The fraction of sp³-hybridized carbons (Fsp3) is 1.00. The highest BCUT2D eigenvalue weighted by Gasteiger charge is 2.21. The summed E-state index contributed by atoms with van der Waals surface area (Å²) in [4.78, 5) is 9.14. The van der Waals surface area contributed by atoms with E-state index in [4.69, 9.17) is 16.4 Å². The zero-order chi connectivity index (χ0) is 9.61. The first-order valence-electron chi connectivity index (χ1n) is 3.97. The predicted octanol–water partition coefficient (Wildman–Crippen LogP) is 0.232. The molecule has 74 valence electrons. The summed E-state index contributed by atoms with van der Waals surface area (Å²) >= 11 is 0. The van der Waals surface area contributed by atoms with Gasteiger partial charge in [0.15, 0.2) is 0 Å². The molecule has 0 aromatic rings. The fourth-order valence-corrected chi connectivity index (χ4v) is 2.00. The molecule has 5 N–H and O–H groups in total. The Morgan fingerprint density at radius 2 is 2.25 bits per heavy atom. The average molecular weight is 196 g/mol. The van der Waals surface area contributed by atoms with Crippen LogP contribution in [0.2, 0.25) is 0 Å². The Hall–Kier alpha value is 0.0700. The lowest BCUT2D eigenvalue weighted by Gasteiger charge is -2.15. The van der Waals surface area contributed by atoms with Gasteiger partial charge in [0.05, 0.1) is 6.16 Å². The maximum absolute atomic E-state index is 11.1. The van der Waals surface area contributed by atoms with E-state index in [1.54, 1.807) is 0 Å². The van der Waals surface area contributed by atoms with E-state index in [1.165, 1.54) is 0 Å². The van der Waals surface area contributed by atoms with Crippen LogP contribution in [0.1, 0.15) is 19.8 Å². The largest absolute Gasteiger partial charge is 0.329 e. The molecule has 0 bridgehead atoms. The topological polar surface area (TPSA) is 98.6 Å². The highest BCUT2D eigenvalue weighted by molar-refractivity contribution is 7.52. The first-order chi connectivity index (χ1) is 5.52. The molecule has 0 radical (unpaired) electrons. The summed E-state index contributed by atoms with van der Waals surface area (Å²) < 4.78 is 15.8. The van der Waals surface area contributed by atoms with Crippen LogP contribution >= 0.6 is 7.60 Å². The first-order valence-corrected chi connectivity index (χ1v) is 5.74. The minimum absolute atomic E-state index is 0.0523. The third-order valence-corrected chi connectivity index (χ3v) is 2.81. The summed E-state index contributed by atoms with van der Waals surface area (Å²) in [5.41, 5.74) is 10.4. The molecule has 0 aliphatic carbocycles. The molecule has 0 aliphatic rings. The molecule has 0 heterocycles. The van der Waals surface area contributed by atoms with Gasteiger partial charge in [-0.05, 0) is 6.42 Å². The van der Waals surface area contributed by atoms with Crippen molar-refractivity contribution in [1.82, 2.24) is 0 Å². The maximum Gasteiger partial charge on any atom is 0.329 e. The molecule has 0 fully saturated rings. The van der Waals surface area contributed by atoms with Gasteiger partial charge in [0.25, 0.3) is 0 Å². The molecule has 0 saturated heterocycles. The number of hydrogen-bond acceptors (Lipinski definition) is 4.